The van der Waals surface area contributed by atoms with Crippen LogP contribution in [0.2, 0.25) is 0 Å². The topological polar surface area (TPSA) is 66.5 Å². The largest absolute Gasteiger partial charge is 0.351 e. The number of carbonyl (C=O) groups is 1. The Morgan fingerprint density at radius 2 is 1.89 bits per heavy atom. The summed E-state index contributed by atoms with van der Waals surface area (Å²) < 4.78 is 22.7. The van der Waals surface area contributed by atoms with Gasteiger partial charge in [0.05, 0.1) is 18.1 Å². The fourth-order valence-corrected chi connectivity index (χ4v) is 4.98. The number of sulfone groups is 1. The number of piperidine rings is 1. The van der Waals surface area contributed by atoms with Gasteiger partial charge in [-0.15, -0.1) is 0 Å². The molecule has 0 unspecified atom stereocenters. The van der Waals surface area contributed by atoms with Crippen LogP contribution in [0, 0.1) is 11.8 Å². The molecule has 1 N–H and O–H groups in total. The SMILES string of the molecule is C[C@@H]1C[C@@H](C)CN(CC(=O)N[C@H]2CCS(=O)(=O)C2)C1. The molecule has 5 nitrogen and oxygen atoms in total. The molecule has 0 aromatic rings. The predicted molar refractivity (Wildman–Crippen MR) is 74.6 cm³/mol. The molecule has 110 valence electrons. The fourth-order valence-electron chi connectivity index (χ4n) is 3.31. The predicted octanol–water partition coefficient (Wildman–Crippen LogP) is 0.268. The van der Waals surface area contributed by atoms with Crippen molar-refractivity contribution in [1.82, 2.24) is 10.2 Å². The zero-order valence-electron chi connectivity index (χ0n) is 11.8. The van der Waals surface area contributed by atoms with Crippen molar-refractivity contribution in [2.45, 2.75) is 32.7 Å². The summed E-state index contributed by atoms with van der Waals surface area (Å²) in [5.41, 5.74) is 0. The molecule has 0 bridgehead atoms. The number of carbonyl (C=O) groups excluding carboxylic acids is 1. The van der Waals surface area contributed by atoms with E-state index in [-0.39, 0.29) is 23.5 Å². The van der Waals surface area contributed by atoms with E-state index in [1.54, 1.807) is 0 Å². The van der Waals surface area contributed by atoms with Crippen molar-refractivity contribution in [3.05, 3.63) is 0 Å². The Hall–Kier alpha value is -0.620. The lowest BCUT2D eigenvalue weighted by Crippen LogP contribution is -2.47. The number of nitrogens with one attached hydrogen (secondary N) is 1. The van der Waals surface area contributed by atoms with Gasteiger partial charge < -0.3 is 5.32 Å². The van der Waals surface area contributed by atoms with Crippen LogP contribution in [0.25, 0.3) is 0 Å². The first-order valence-corrected chi connectivity index (χ1v) is 8.88. The van der Waals surface area contributed by atoms with Gasteiger partial charge in [-0.1, -0.05) is 13.8 Å². The number of rotatable bonds is 3. The van der Waals surface area contributed by atoms with Gasteiger partial charge in [0.15, 0.2) is 9.84 Å². The molecular formula is C13H24N2O3S. The first-order chi connectivity index (χ1) is 8.84. The Morgan fingerprint density at radius 1 is 1.26 bits per heavy atom. The fraction of sp³-hybridized carbons (Fsp3) is 0.923. The molecule has 6 heteroatoms. The minimum atomic E-state index is -2.92. The number of nitrogens with zero attached hydrogens (tertiary/aromatic N) is 1. The van der Waals surface area contributed by atoms with Gasteiger partial charge in [-0.25, -0.2) is 8.42 Å². The monoisotopic (exact) mass is 288 g/mol. The minimum Gasteiger partial charge on any atom is -0.351 e. The molecule has 0 aliphatic carbocycles. The number of amides is 1. The third-order valence-corrected chi connectivity index (χ3v) is 5.68. The second-order valence-electron chi connectivity index (χ2n) is 6.31. The zero-order chi connectivity index (χ0) is 14.0. The maximum atomic E-state index is 11.9. The maximum Gasteiger partial charge on any atom is 0.234 e. The van der Waals surface area contributed by atoms with Crippen LogP contribution in [0.4, 0.5) is 0 Å². The molecule has 0 saturated carbocycles. The molecule has 0 spiro atoms. The van der Waals surface area contributed by atoms with Crippen LogP contribution in [-0.4, -0.2) is 56.4 Å². The van der Waals surface area contributed by atoms with Gasteiger partial charge in [0.2, 0.25) is 5.91 Å². The molecule has 1 amide bonds. The van der Waals surface area contributed by atoms with Crippen LogP contribution in [0.5, 0.6) is 0 Å². The molecule has 0 radical (unpaired) electrons. The lowest BCUT2D eigenvalue weighted by Gasteiger charge is -2.34. The van der Waals surface area contributed by atoms with Gasteiger partial charge in [0.25, 0.3) is 0 Å². The van der Waals surface area contributed by atoms with Crippen LogP contribution in [0.3, 0.4) is 0 Å². The Labute approximate surface area is 115 Å². The van der Waals surface area contributed by atoms with Crippen molar-refractivity contribution >= 4 is 15.7 Å². The highest BCUT2D eigenvalue weighted by atomic mass is 32.2. The Bertz CT molecular complexity index is 425. The lowest BCUT2D eigenvalue weighted by atomic mass is 9.92. The first kappa shape index (κ1) is 14.8. The van der Waals surface area contributed by atoms with Gasteiger partial charge in [0.1, 0.15) is 0 Å². The van der Waals surface area contributed by atoms with Crippen molar-refractivity contribution in [1.29, 1.82) is 0 Å². The van der Waals surface area contributed by atoms with Crippen LogP contribution in [-0.2, 0) is 14.6 Å². The molecule has 0 aromatic heterocycles. The molecular weight excluding hydrogens is 264 g/mol. The molecule has 3 atom stereocenters. The van der Waals surface area contributed by atoms with Crippen molar-refractivity contribution in [2.75, 3.05) is 31.1 Å². The highest BCUT2D eigenvalue weighted by Gasteiger charge is 2.30. The normalized spacial score (nSPS) is 35.2. The second-order valence-corrected chi connectivity index (χ2v) is 8.54. The minimum absolute atomic E-state index is 0.0385. The Morgan fingerprint density at radius 3 is 2.42 bits per heavy atom. The molecule has 0 aromatic carbocycles. The van der Waals surface area contributed by atoms with E-state index >= 15 is 0 Å². The van der Waals surface area contributed by atoms with Crippen molar-refractivity contribution in [3.63, 3.8) is 0 Å². The van der Waals surface area contributed by atoms with Gasteiger partial charge in [-0.2, -0.15) is 0 Å². The van der Waals surface area contributed by atoms with Crippen molar-refractivity contribution in [2.24, 2.45) is 11.8 Å². The average Bonchev–Trinajstić information content (AvgIpc) is 2.55. The van der Waals surface area contributed by atoms with E-state index < -0.39 is 9.84 Å². The van der Waals surface area contributed by atoms with Gasteiger partial charge in [0, 0.05) is 19.1 Å². The third-order valence-electron chi connectivity index (χ3n) is 3.91. The van der Waals surface area contributed by atoms with E-state index in [1.165, 1.54) is 6.42 Å². The summed E-state index contributed by atoms with van der Waals surface area (Å²) in [7, 11) is -2.92. The van der Waals surface area contributed by atoms with Gasteiger partial charge in [-0.3, -0.25) is 9.69 Å². The van der Waals surface area contributed by atoms with E-state index in [0.717, 1.165) is 13.1 Å². The van der Waals surface area contributed by atoms with Crippen LogP contribution >= 0.6 is 0 Å². The summed E-state index contributed by atoms with van der Waals surface area (Å²) in [6.07, 6.45) is 1.78. The molecule has 2 rings (SSSR count). The van der Waals surface area contributed by atoms with E-state index in [4.69, 9.17) is 0 Å². The summed E-state index contributed by atoms with van der Waals surface area (Å²) in [6, 6.07) is -0.183. The molecule has 2 fully saturated rings. The second kappa shape index (κ2) is 5.79. The van der Waals surface area contributed by atoms with E-state index in [1.807, 2.05) is 0 Å². The third kappa shape index (κ3) is 4.45. The molecule has 2 saturated heterocycles. The standard InChI is InChI=1S/C13H24N2O3S/c1-10-5-11(2)7-15(6-10)8-13(16)14-12-3-4-19(17,18)9-12/h10-12H,3-9H2,1-2H3,(H,14,16)/t10-,11-,12+/m1/s1. The highest BCUT2D eigenvalue weighted by Crippen LogP contribution is 2.20. The van der Waals surface area contributed by atoms with Crippen LogP contribution < -0.4 is 5.32 Å². The summed E-state index contributed by atoms with van der Waals surface area (Å²) in [5.74, 6) is 1.52. The van der Waals surface area contributed by atoms with Crippen LogP contribution in [0.15, 0.2) is 0 Å². The lowest BCUT2D eigenvalue weighted by molar-refractivity contribution is -0.123. The van der Waals surface area contributed by atoms with E-state index in [9.17, 15) is 13.2 Å². The molecule has 2 heterocycles. The van der Waals surface area contributed by atoms with Gasteiger partial charge in [-0.05, 0) is 24.7 Å². The summed E-state index contributed by atoms with van der Waals surface area (Å²) >= 11 is 0. The summed E-state index contributed by atoms with van der Waals surface area (Å²) in [5, 5.41) is 2.85. The smallest absolute Gasteiger partial charge is 0.234 e. The van der Waals surface area contributed by atoms with Crippen LogP contribution in [0.1, 0.15) is 26.7 Å². The van der Waals surface area contributed by atoms with Crippen molar-refractivity contribution < 1.29 is 13.2 Å². The molecule has 19 heavy (non-hydrogen) atoms. The number of hydrogen-bond donors (Lipinski definition) is 1. The summed E-state index contributed by atoms with van der Waals surface area (Å²) in [6.45, 7) is 6.74. The highest BCUT2D eigenvalue weighted by molar-refractivity contribution is 7.91. The van der Waals surface area contributed by atoms with Crippen molar-refractivity contribution in [3.8, 4) is 0 Å². The first-order valence-electron chi connectivity index (χ1n) is 7.06. The quantitative estimate of drug-likeness (QED) is 0.809. The molecule has 2 aliphatic heterocycles. The van der Waals surface area contributed by atoms with Gasteiger partial charge >= 0.3 is 0 Å². The molecule has 2 aliphatic rings. The Balaban J connectivity index is 1.78. The van der Waals surface area contributed by atoms with E-state index in [2.05, 4.69) is 24.1 Å². The zero-order valence-corrected chi connectivity index (χ0v) is 12.6. The van der Waals surface area contributed by atoms with E-state index in [0.29, 0.717) is 24.8 Å². The maximum absolute atomic E-state index is 11.9. The Kier molecular flexibility index (Phi) is 4.50. The number of likely N-dealkylation sites (tertiary alicyclic amines) is 1. The summed E-state index contributed by atoms with van der Waals surface area (Å²) in [4.78, 5) is 14.1. The average molecular weight is 288 g/mol. The number of hydrogen-bond acceptors (Lipinski definition) is 4.